The van der Waals surface area contributed by atoms with Gasteiger partial charge in [0.15, 0.2) is 0 Å². The molecule has 0 spiro atoms. The van der Waals surface area contributed by atoms with Gasteiger partial charge in [-0.1, -0.05) is 25.6 Å². The van der Waals surface area contributed by atoms with Gasteiger partial charge in [-0.2, -0.15) is 0 Å². The van der Waals surface area contributed by atoms with E-state index < -0.39 is 5.97 Å². The lowest BCUT2D eigenvalue weighted by atomic mass is 10.1. The van der Waals surface area contributed by atoms with Gasteiger partial charge in [-0.15, -0.1) is 0 Å². The van der Waals surface area contributed by atoms with Gasteiger partial charge in [-0.3, -0.25) is 0 Å². The second-order valence-electron chi connectivity index (χ2n) is 10.4. The minimum atomic E-state index is -0.451. The zero-order valence-corrected chi connectivity index (χ0v) is 23.4. The average molecular weight is 544 g/mol. The summed E-state index contributed by atoms with van der Waals surface area (Å²) in [6, 6.07) is 12.6. The van der Waals surface area contributed by atoms with E-state index in [-0.39, 0.29) is 14.0 Å². The standard InChI is InChI=1S/C30H37N7O2.CH4/c1-6-39-29(38)22-16-32-30(34-28(22)23-18-37(5)26-12-8-7-11-21(23)26)33-25-15-24(31)27(14-19(25)2)36(4)17-20-10-9-13-35(20)3;/h7-8,11-12,14-16,18,20H,6,9-10,13,17,31H2,1-5H3,(H,32,33,34);1H4/t20-;/m1./s1. The molecule has 9 heteroatoms. The van der Waals surface area contributed by atoms with Gasteiger partial charge in [0, 0.05) is 61.2 Å². The first-order valence-corrected chi connectivity index (χ1v) is 13.4. The van der Waals surface area contributed by atoms with Gasteiger partial charge < -0.3 is 30.2 Å². The second kappa shape index (κ2) is 12.0. The molecule has 1 aliphatic heterocycles. The fraction of sp³-hybridized carbons (Fsp3) is 0.387. The van der Waals surface area contributed by atoms with Gasteiger partial charge in [0.25, 0.3) is 0 Å². The quantitative estimate of drug-likeness (QED) is 0.218. The van der Waals surface area contributed by atoms with Gasteiger partial charge in [0.1, 0.15) is 5.56 Å². The number of nitrogens with zero attached hydrogens (tertiary/aromatic N) is 5. The summed E-state index contributed by atoms with van der Waals surface area (Å²) in [5, 5.41) is 4.33. The van der Waals surface area contributed by atoms with E-state index in [4.69, 9.17) is 15.5 Å². The number of esters is 1. The number of para-hydroxylation sites is 1. The van der Waals surface area contributed by atoms with Crippen LogP contribution in [0.5, 0.6) is 0 Å². The number of nitrogen functional groups attached to an aromatic ring is 1. The highest BCUT2D eigenvalue weighted by Crippen LogP contribution is 2.34. The first-order chi connectivity index (χ1) is 18.8. The number of hydrogen-bond acceptors (Lipinski definition) is 8. The third-order valence-electron chi connectivity index (χ3n) is 7.62. The highest BCUT2D eigenvalue weighted by Gasteiger charge is 2.24. The number of aryl methyl sites for hydroxylation is 2. The van der Waals surface area contributed by atoms with Crippen molar-refractivity contribution in [1.29, 1.82) is 0 Å². The van der Waals surface area contributed by atoms with Crippen molar-refractivity contribution in [3.8, 4) is 11.3 Å². The predicted molar refractivity (Wildman–Crippen MR) is 164 cm³/mol. The number of carbonyl (C=O) groups excluding carboxylic acids is 1. The molecule has 5 rings (SSSR count). The largest absolute Gasteiger partial charge is 0.462 e. The van der Waals surface area contributed by atoms with Crippen LogP contribution >= 0.6 is 0 Å². The van der Waals surface area contributed by atoms with Crippen molar-refractivity contribution in [1.82, 2.24) is 19.4 Å². The molecule has 0 amide bonds. The summed E-state index contributed by atoms with van der Waals surface area (Å²) in [5.41, 5.74) is 12.8. The molecule has 40 heavy (non-hydrogen) atoms. The molecule has 3 N–H and O–H groups in total. The van der Waals surface area contributed by atoms with E-state index in [2.05, 4.69) is 40.3 Å². The Balaban J connectivity index is 0.00000370. The summed E-state index contributed by atoms with van der Waals surface area (Å²) in [6.45, 7) is 6.17. The van der Waals surface area contributed by atoms with Gasteiger partial charge in [-0.05, 0) is 64.0 Å². The molecule has 3 heterocycles. The molecule has 2 aromatic heterocycles. The highest BCUT2D eigenvalue weighted by molar-refractivity contribution is 6.03. The van der Waals surface area contributed by atoms with E-state index in [1.807, 2.05) is 55.1 Å². The van der Waals surface area contributed by atoms with Gasteiger partial charge in [0.05, 0.1) is 23.7 Å². The number of carbonyl (C=O) groups is 1. The van der Waals surface area contributed by atoms with Crippen LogP contribution < -0.4 is 16.0 Å². The molecule has 1 aliphatic rings. The van der Waals surface area contributed by atoms with E-state index in [1.165, 1.54) is 19.0 Å². The zero-order chi connectivity index (χ0) is 27.7. The van der Waals surface area contributed by atoms with Crippen molar-refractivity contribution in [2.45, 2.75) is 40.2 Å². The Bertz CT molecular complexity index is 1510. The van der Waals surface area contributed by atoms with E-state index >= 15 is 0 Å². The van der Waals surface area contributed by atoms with E-state index in [9.17, 15) is 4.79 Å². The molecule has 0 unspecified atom stereocenters. The Kier molecular flexibility index (Phi) is 8.64. The fourth-order valence-electron chi connectivity index (χ4n) is 5.46. The van der Waals surface area contributed by atoms with Crippen molar-refractivity contribution in [2.75, 3.05) is 49.7 Å². The normalized spacial score (nSPS) is 15.2. The number of nitrogens with two attached hydrogens (primary N) is 1. The average Bonchev–Trinajstić information content (AvgIpc) is 3.48. The molecule has 9 nitrogen and oxygen atoms in total. The summed E-state index contributed by atoms with van der Waals surface area (Å²) < 4.78 is 7.35. The number of hydrogen-bond donors (Lipinski definition) is 2. The molecule has 1 fully saturated rings. The van der Waals surface area contributed by atoms with Crippen molar-refractivity contribution < 1.29 is 9.53 Å². The highest BCUT2D eigenvalue weighted by atomic mass is 16.5. The molecule has 0 bridgehead atoms. The maximum absolute atomic E-state index is 12.8. The third kappa shape index (κ3) is 5.60. The van der Waals surface area contributed by atoms with E-state index in [0.29, 0.717) is 28.9 Å². The molecule has 212 valence electrons. The number of ether oxygens (including phenoxy) is 1. The van der Waals surface area contributed by atoms with Gasteiger partial charge in [0.2, 0.25) is 5.95 Å². The Morgan fingerprint density at radius 1 is 1.25 bits per heavy atom. The summed E-state index contributed by atoms with van der Waals surface area (Å²) in [7, 11) is 6.26. The number of likely N-dealkylation sites (N-methyl/N-ethyl adjacent to an activating group) is 2. The topological polar surface area (TPSA) is 102 Å². The van der Waals surface area contributed by atoms with Crippen LogP contribution in [0.25, 0.3) is 22.2 Å². The number of rotatable bonds is 8. The summed E-state index contributed by atoms with van der Waals surface area (Å²) in [5.74, 6) is -0.0742. The Morgan fingerprint density at radius 2 is 2.02 bits per heavy atom. The van der Waals surface area contributed by atoms with Gasteiger partial charge >= 0.3 is 5.97 Å². The minimum Gasteiger partial charge on any atom is -0.462 e. The number of fused-ring (bicyclic) bond motifs is 1. The molecule has 1 atom stereocenters. The Labute approximate surface area is 237 Å². The molecule has 0 aliphatic carbocycles. The summed E-state index contributed by atoms with van der Waals surface area (Å²) in [6.07, 6.45) is 5.96. The SMILES string of the molecule is C.CCOC(=O)c1cnc(Nc2cc(N)c(N(C)C[C@H]3CCCN3C)cc2C)nc1-c1cn(C)c2ccccc12. The lowest BCUT2D eigenvalue weighted by molar-refractivity contribution is 0.0526. The summed E-state index contributed by atoms with van der Waals surface area (Å²) in [4.78, 5) is 26.8. The smallest absolute Gasteiger partial charge is 0.341 e. The van der Waals surface area contributed by atoms with Crippen molar-refractivity contribution >= 4 is 39.9 Å². The number of aromatic nitrogens is 3. The van der Waals surface area contributed by atoms with Crippen LogP contribution in [0.3, 0.4) is 0 Å². The molecule has 4 aromatic rings. The van der Waals surface area contributed by atoms with Crippen molar-refractivity contribution in [3.05, 3.63) is 59.9 Å². The number of nitrogens with one attached hydrogen (secondary N) is 1. The van der Waals surface area contributed by atoms with Crippen LogP contribution in [-0.4, -0.2) is 65.2 Å². The lowest BCUT2D eigenvalue weighted by Gasteiger charge is -2.29. The number of anilines is 4. The van der Waals surface area contributed by atoms with Crippen LogP contribution in [-0.2, 0) is 11.8 Å². The van der Waals surface area contributed by atoms with Crippen LogP contribution in [0, 0.1) is 6.92 Å². The fourth-order valence-corrected chi connectivity index (χ4v) is 5.46. The molecule has 1 saturated heterocycles. The van der Waals surface area contributed by atoms with Crippen molar-refractivity contribution in [2.24, 2.45) is 7.05 Å². The molecule has 2 aromatic carbocycles. The molecular weight excluding hydrogens is 502 g/mol. The van der Waals surface area contributed by atoms with Crippen LogP contribution in [0.15, 0.2) is 48.8 Å². The Hall–Kier alpha value is -4.11. The van der Waals surface area contributed by atoms with E-state index in [0.717, 1.165) is 46.5 Å². The first kappa shape index (κ1) is 28.9. The van der Waals surface area contributed by atoms with Crippen LogP contribution in [0.2, 0.25) is 0 Å². The Morgan fingerprint density at radius 3 is 2.75 bits per heavy atom. The predicted octanol–water partition coefficient (Wildman–Crippen LogP) is 5.61. The van der Waals surface area contributed by atoms with Crippen LogP contribution in [0.1, 0.15) is 43.1 Å². The number of likely N-dealkylation sites (tertiary alicyclic amines) is 1. The van der Waals surface area contributed by atoms with E-state index in [1.54, 1.807) is 6.92 Å². The zero-order valence-electron chi connectivity index (χ0n) is 23.4. The third-order valence-corrected chi connectivity index (χ3v) is 7.62. The summed E-state index contributed by atoms with van der Waals surface area (Å²) >= 11 is 0. The first-order valence-electron chi connectivity index (χ1n) is 13.4. The maximum Gasteiger partial charge on any atom is 0.341 e. The van der Waals surface area contributed by atoms with Gasteiger partial charge in [-0.25, -0.2) is 14.8 Å². The maximum atomic E-state index is 12.8. The lowest BCUT2D eigenvalue weighted by Crippen LogP contribution is -2.36. The molecule has 0 radical (unpaired) electrons. The van der Waals surface area contributed by atoms with Crippen LogP contribution in [0.4, 0.5) is 23.0 Å². The molecular formula is C31H41N7O2. The second-order valence-corrected chi connectivity index (χ2v) is 10.4. The molecule has 0 saturated carbocycles. The minimum absolute atomic E-state index is 0. The van der Waals surface area contributed by atoms with Crippen molar-refractivity contribution in [3.63, 3.8) is 0 Å². The monoisotopic (exact) mass is 543 g/mol. The number of benzene rings is 2.